The molecule has 5 nitrogen and oxygen atoms in total. The van der Waals surface area contributed by atoms with Gasteiger partial charge in [0, 0.05) is 24.8 Å². The molecule has 0 aliphatic heterocycles. The number of carbonyl (C=O) groups is 2. The molecule has 2 fully saturated rings. The highest BCUT2D eigenvalue weighted by Gasteiger charge is 2.38. The number of carbonyl (C=O) groups excluding carboxylic acids is 2. The lowest BCUT2D eigenvalue weighted by molar-refractivity contribution is -0.126. The highest BCUT2D eigenvalue weighted by Crippen LogP contribution is 2.38. The predicted octanol–water partition coefficient (Wildman–Crippen LogP) is 3.06. The second-order valence-electron chi connectivity index (χ2n) is 8.65. The largest absolute Gasteiger partial charge is 0.391 e. The normalized spacial score (nSPS) is 28.9. The lowest BCUT2D eigenvalue weighted by Crippen LogP contribution is -2.43. The first-order valence-electron chi connectivity index (χ1n) is 10.8. The molecule has 2 amide bonds. The van der Waals surface area contributed by atoms with Crippen LogP contribution in [0.5, 0.6) is 0 Å². The molecule has 0 unspecified atom stereocenters. The molecule has 1 aromatic rings. The second kappa shape index (κ2) is 9.55. The van der Waals surface area contributed by atoms with E-state index in [0.29, 0.717) is 19.4 Å². The Morgan fingerprint density at radius 3 is 2.39 bits per heavy atom. The maximum Gasteiger partial charge on any atom is 0.223 e. The molecule has 0 saturated heterocycles. The van der Waals surface area contributed by atoms with E-state index in [9.17, 15) is 14.7 Å². The molecule has 2 saturated carbocycles. The summed E-state index contributed by atoms with van der Waals surface area (Å²) in [6.07, 6.45) is 7.89. The molecule has 0 heterocycles. The summed E-state index contributed by atoms with van der Waals surface area (Å²) in [7, 11) is 0. The average molecular weight is 387 g/mol. The molecule has 2 aliphatic rings. The molecule has 3 N–H and O–H groups in total. The summed E-state index contributed by atoms with van der Waals surface area (Å²) in [4.78, 5) is 24.3. The van der Waals surface area contributed by atoms with Crippen LogP contribution in [0.4, 0.5) is 0 Å². The van der Waals surface area contributed by atoms with Crippen molar-refractivity contribution in [2.75, 3.05) is 6.54 Å². The molecule has 0 bridgehead atoms. The fourth-order valence-corrected chi connectivity index (χ4v) is 4.93. The lowest BCUT2D eigenvalue weighted by atomic mass is 9.74. The second-order valence-corrected chi connectivity index (χ2v) is 8.65. The first-order valence-corrected chi connectivity index (χ1v) is 10.8. The summed E-state index contributed by atoms with van der Waals surface area (Å²) in [5, 5.41) is 16.7. The Hall–Kier alpha value is -1.88. The van der Waals surface area contributed by atoms with E-state index in [1.165, 1.54) is 18.9 Å². The number of nitrogens with one attached hydrogen (secondary N) is 2. The molecule has 2 aliphatic carbocycles. The number of hydrogen-bond donors (Lipinski definition) is 3. The number of amides is 2. The quantitative estimate of drug-likeness (QED) is 0.681. The minimum atomic E-state index is -0.552. The van der Waals surface area contributed by atoms with E-state index in [-0.39, 0.29) is 29.2 Å². The first kappa shape index (κ1) is 20.8. The van der Waals surface area contributed by atoms with Crippen LogP contribution >= 0.6 is 0 Å². The van der Waals surface area contributed by atoms with E-state index in [4.69, 9.17) is 0 Å². The van der Waals surface area contributed by atoms with Crippen molar-refractivity contribution in [3.05, 3.63) is 35.9 Å². The van der Waals surface area contributed by atoms with Crippen molar-refractivity contribution in [1.29, 1.82) is 0 Å². The SMILES string of the molecule is CC(=O)N[C@H]1CC[C@](CNC(=O)C2CCCCC2)(c2ccccc2)CC[C@@H]1O. The Labute approximate surface area is 168 Å². The summed E-state index contributed by atoms with van der Waals surface area (Å²) in [5.74, 6) is 0.213. The highest BCUT2D eigenvalue weighted by molar-refractivity contribution is 5.78. The van der Waals surface area contributed by atoms with Crippen molar-refractivity contribution >= 4 is 11.8 Å². The summed E-state index contributed by atoms with van der Waals surface area (Å²) >= 11 is 0. The molecule has 3 rings (SSSR count). The van der Waals surface area contributed by atoms with Crippen molar-refractivity contribution in [3.63, 3.8) is 0 Å². The third-order valence-corrected chi connectivity index (χ3v) is 6.67. The number of hydrogen-bond acceptors (Lipinski definition) is 3. The summed E-state index contributed by atoms with van der Waals surface area (Å²) < 4.78 is 0. The number of rotatable bonds is 5. The molecule has 0 aromatic heterocycles. The third-order valence-electron chi connectivity index (χ3n) is 6.67. The molecule has 1 aromatic carbocycles. The predicted molar refractivity (Wildman–Crippen MR) is 110 cm³/mol. The molecule has 154 valence electrons. The van der Waals surface area contributed by atoms with E-state index in [0.717, 1.165) is 38.5 Å². The zero-order valence-electron chi connectivity index (χ0n) is 17.0. The van der Waals surface area contributed by atoms with Gasteiger partial charge in [-0.2, -0.15) is 0 Å². The van der Waals surface area contributed by atoms with Crippen LogP contribution in [0, 0.1) is 5.92 Å². The molecular weight excluding hydrogens is 352 g/mol. The first-order chi connectivity index (χ1) is 13.5. The zero-order chi connectivity index (χ0) is 20.0. The summed E-state index contributed by atoms with van der Waals surface area (Å²) in [5.41, 5.74) is 0.995. The maximum absolute atomic E-state index is 12.8. The minimum absolute atomic E-state index is 0.109. The van der Waals surface area contributed by atoms with Gasteiger partial charge in [0.2, 0.25) is 11.8 Å². The number of benzene rings is 1. The molecule has 3 atom stereocenters. The molecule has 0 radical (unpaired) electrons. The van der Waals surface area contributed by atoms with Crippen molar-refractivity contribution < 1.29 is 14.7 Å². The molecule has 0 spiro atoms. The van der Waals surface area contributed by atoms with Gasteiger partial charge >= 0.3 is 0 Å². The number of aliphatic hydroxyl groups excluding tert-OH is 1. The molecule has 5 heteroatoms. The maximum atomic E-state index is 12.8. The van der Waals surface area contributed by atoms with Crippen LogP contribution in [0.3, 0.4) is 0 Å². The Morgan fingerprint density at radius 2 is 1.71 bits per heavy atom. The zero-order valence-corrected chi connectivity index (χ0v) is 17.0. The lowest BCUT2D eigenvalue weighted by Gasteiger charge is -2.35. The van der Waals surface area contributed by atoms with Crippen LogP contribution in [-0.2, 0) is 15.0 Å². The van der Waals surface area contributed by atoms with Crippen LogP contribution < -0.4 is 10.6 Å². The van der Waals surface area contributed by atoms with Crippen LogP contribution in [-0.4, -0.2) is 35.6 Å². The van der Waals surface area contributed by atoms with Gasteiger partial charge in [-0.05, 0) is 44.1 Å². The summed E-state index contributed by atoms with van der Waals surface area (Å²) in [6.45, 7) is 2.08. The Bertz CT molecular complexity index is 657. The van der Waals surface area contributed by atoms with E-state index < -0.39 is 6.10 Å². The standard InChI is InChI=1S/C23H34N2O3/c1-17(26)25-20-12-14-23(15-13-21(20)27,19-10-6-3-7-11-19)16-24-22(28)18-8-4-2-5-9-18/h3,6-7,10-11,18,20-21,27H,2,4-5,8-9,12-16H2,1H3,(H,24,28)(H,25,26)/t20-,21-,23-/m0/s1. The van der Waals surface area contributed by atoms with Crippen LogP contribution in [0.1, 0.15) is 70.3 Å². The van der Waals surface area contributed by atoms with Gasteiger partial charge in [-0.1, -0.05) is 49.6 Å². The van der Waals surface area contributed by atoms with Gasteiger partial charge in [-0.25, -0.2) is 0 Å². The fourth-order valence-electron chi connectivity index (χ4n) is 4.93. The number of aliphatic hydroxyl groups is 1. The molecule has 28 heavy (non-hydrogen) atoms. The topological polar surface area (TPSA) is 78.4 Å². The molecular formula is C23H34N2O3. The highest BCUT2D eigenvalue weighted by atomic mass is 16.3. The van der Waals surface area contributed by atoms with E-state index >= 15 is 0 Å². The van der Waals surface area contributed by atoms with E-state index in [1.807, 2.05) is 18.2 Å². The van der Waals surface area contributed by atoms with Crippen LogP contribution in [0.15, 0.2) is 30.3 Å². The van der Waals surface area contributed by atoms with Crippen LogP contribution in [0.25, 0.3) is 0 Å². The van der Waals surface area contributed by atoms with Crippen molar-refractivity contribution in [1.82, 2.24) is 10.6 Å². The van der Waals surface area contributed by atoms with Gasteiger partial charge in [0.05, 0.1) is 12.1 Å². The van der Waals surface area contributed by atoms with Gasteiger partial charge in [-0.3, -0.25) is 9.59 Å². The smallest absolute Gasteiger partial charge is 0.223 e. The van der Waals surface area contributed by atoms with Gasteiger partial charge in [0.25, 0.3) is 0 Å². The minimum Gasteiger partial charge on any atom is -0.391 e. The van der Waals surface area contributed by atoms with Gasteiger partial charge in [-0.15, -0.1) is 0 Å². The fraction of sp³-hybridized carbons (Fsp3) is 0.652. The third kappa shape index (κ3) is 5.13. The Morgan fingerprint density at radius 1 is 1.04 bits per heavy atom. The van der Waals surface area contributed by atoms with Crippen molar-refractivity contribution in [2.24, 2.45) is 5.92 Å². The van der Waals surface area contributed by atoms with Gasteiger partial charge in [0.1, 0.15) is 0 Å². The van der Waals surface area contributed by atoms with Crippen molar-refractivity contribution in [2.45, 2.75) is 82.3 Å². The van der Waals surface area contributed by atoms with Gasteiger partial charge < -0.3 is 15.7 Å². The monoisotopic (exact) mass is 386 g/mol. The van der Waals surface area contributed by atoms with Gasteiger partial charge in [0.15, 0.2) is 0 Å². The summed E-state index contributed by atoms with van der Waals surface area (Å²) in [6, 6.07) is 10.1. The van der Waals surface area contributed by atoms with E-state index in [2.05, 4.69) is 22.8 Å². The van der Waals surface area contributed by atoms with E-state index in [1.54, 1.807) is 0 Å². The van der Waals surface area contributed by atoms with Crippen LogP contribution in [0.2, 0.25) is 0 Å². The van der Waals surface area contributed by atoms with Crippen molar-refractivity contribution in [3.8, 4) is 0 Å². The average Bonchev–Trinajstić information content (AvgIpc) is 2.87. The Kier molecular flexibility index (Phi) is 7.11. The Balaban J connectivity index is 1.75.